The fourth-order valence-corrected chi connectivity index (χ4v) is 6.31. The lowest BCUT2D eigenvalue weighted by Crippen LogP contribution is -2.30. The van der Waals surface area contributed by atoms with Gasteiger partial charge in [0.15, 0.2) is 6.10 Å². The molecule has 0 spiro atoms. The molecule has 0 saturated carbocycles. The monoisotopic (exact) mass is 821 g/mol. The van der Waals surface area contributed by atoms with E-state index in [1.54, 1.807) is 0 Å². The molecule has 0 saturated heterocycles. The van der Waals surface area contributed by atoms with Gasteiger partial charge in [0.2, 0.25) is 0 Å². The van der Waals surface area contributed by atoms with Crippen molar-refractivity contribution in [3.05, 3.63) is 85.1 Å². The van der Waals surface area contributed by atoms with Crippen molar-refractivity contribution in [3.63, 3.8) is 0 Å². The maximum atomic E-state index is 12.7. The van der Waals surface area contributed by atoms with Crippen molar-refractivity contribution in [2.75, 3.05) is 13.2 Å². The highest BCUT2D eigenvalue weighted by Crippen LogP contribution is 2.12. The van der Waals surface area contributed by atoms with E-state index in [1.165, 1.54) is 51.4 Å². The Kier molecular flexibility index (Phi) is 44.5. The largest absolute Gasteiger partial charge is 0.462 e. The minimum absolute atomic E-state index is 0.111. The predicted molar refractivity (Wildman–Crippen MR) is 251 cm³/mol. The van der Waals surface area contributed by atoms with E-state index in [9.17, 15) is 14.4 Å². The molecule has 0 N–H and O–H groups in total. The minimum Gasteiger partial charge on any atom is -0.462 e. The third kappa shape index (κ3) is 45.5. The maximum absolute atomic E-state index is 12.7. The van der Waals surface area contributed by atoms with E-state index in [1.807, 2.05) is 6.08 Å². The number of carbonyl (C=O) groups excluding carboxylic acids is 3. The predicted octanol–water partition coefficient (Wildman–Crippen LogP) is 15.6. The summed E-state index contributed by atoms with van der Waals surface area (Å²) in [5.74, 6) is -1.01. The highest BCUT2D eigenvalue weighted by Gasteiger charge is 2.19. The summed E-state index contributed by atoms with van der Waals surface area (Å²) in [5.41, 5.74) is 0. The Hall–Kier alpha value is -3.41. The van der Waals surface area contributed by atoms with Gasteiger partial charge in [-0.1, -0.05) is 183 Å². The van der Waals surface area contributed by atoms with E-state index in [-0.39, 0.29) is 37.5 Å². The van der Waals surface area contributed by atoms with Gasteiger partial charge in [-0.25, -0.2) is 0 Å². The molecule has 6 heteroatoms. The molecule has 59 heavy (non-hydrogen) atoms. The topological polar surface area (TPSA) is 78.9 Å². The van der Waals surface area contributed by atoms with Crippen LogP contribution in [0, 0.1) is 0 Å². The summed E-state index contributed by atoms with van der Waals surface area (Å²) >= 11 is 0. The van der Waals surface area contributed by atoms with Crippen LogP contribution in [0.25, 0.3) is 0 Å². The first-order chi connectivity index (χ1) is 29.0. The van der Waals surface area contributed by atoms with Crippen molar-refractivity contribution in [1.29, 1.82) is 0 Å². The molecule has 0 heterocycles. The summed E-state index contributed by atoms with van der Waals surface area (Å²) in [6.07, 6.45) is 60.1. The summed E-state index contributed by atoms with van der Waals surface area (Å²) in [5, 5.41) is 0. The average molecular weight is 821 g/mol. The number of hydrogen-bond acceptors (Lipinski definition) is 6. The Balaban J connectivity index is 4.48. The van der Waals surface area contributed by atoms with E-state index in [4.69, 9.17) is 14.2 Å². The van der Waals surface area contributed by atoms with Gasteiger partial charge in [-0.2, -0.15) is 0 Å². The SMILES string of the molecule is CC/C=C\C/C=C\C/C=C\CCCCCCCCC(=O)OCC(COC(=O)CCCCCCC/C=C\C/C=C\CC)OC(=O)CC/C=C\C/C=C\CCCCCCCC. The number of esters is 3. The average Bonchev–Trinajstić information content (AvgIpc) is 3.23. The quantitative estimate of drug-likeness (QED) is 0.0264. The second-order valence-electron chi connectivity index (χ2n) is 15.6. The fourth-order valence-electron chi connectivity index (χ4n) is 6.31. The second kappa shape index (κ2) is 47.3. The van der Waals surface area contributed by atoms with Gasteiger partial charge in [0, 0.05) is 19.3 Å². The summed E-state index contributed by atoms with van der Waals surface area (Å²) in [6, 6.07) is 0. The molecule has 0 radical (unpaired) electrons. The van der Waals surface area contributed by atoms with Crippen LogP contribution in [0.4, 0.5) is 0 Å². The highest BCUT2D eigenvalue weighted by atomic mass is 16.6. The molecule has 0 amide bonds. The molecule has 0 aliphatic carbocycles. The van der Waals surface area contributed by atoms with Gasteiger partial charge in [0.1, 0.15) is 13.2 Å². The van der Waals surface area contributed by atoms with Gasteiger partial charge < -0.3 is 14.2 Å². The smallest absolute Gasteiger partial charge is 0.306 e. The molecule has 0 rings (SSSR count). The van der Waals surface area contributed by atoms with Crippen LogP contribution >= 0.6 is 0 Å². The van der Waals surface area contributed by atoms with Gasteiger partial charge in [-0.3, -0.25) is 14.4 Å². The van der Waals surface area contributed by atoms with Gasteiger partial charge in [0.05, 0.1) is 0 Å². The molecule has 336 valence electrons. The zero-order chi connectivity index (χ0) is 43.0. The normalized spacial score (nSPS) is 12.8. The summed E-state index contributed by atoms with van der Waals surface area (Å²) < 4.78 is 16.7. The van der Waals surface area contributed by atoms with Crippen molar-refractivity contribution < 1.29 is 28.6 Å². The molecular formula is C53H88O6. The number of allylic oxidation sites excluding steroid dienone is 14. The van der Waals surface area contributed by atoms with E-state index in [0.717, 1.165) is 116 Å². The van der Waals surface area contributed by atoms with Crippen LogP contribution in [0.3, 0.4) is 0 Å². The third-order valence-corrected chi connectivity index (χ3v) is 9.88. The number of carbonyl (C=O) groups is 3. The molecule has 6 nitrogen and oxygen atoms in total. The van der Waals surface area contributed by atoms with E-state index >= 15 is 0 Å². The Morgan fingerprint density at radius 3 is 1.10 bits per heavy atom. The van der Waals surface area contributed by atoms with Gasteiger partial charge >= 0.3 is 17.9 Å². The molecule has 0 aliphatic heterocycles. The van der Waals surface area contributed by atoms with E-state index < -0.39 is 6.10 Å². The Morgan fingerprint density at radius 2 is 0.695 bits per heavy atom. The Bertz CT molecular complexity index is 1170. The van der Waals surface area contributed by atoms with Crippen molar-refractivity contribution in [3.8, 4) is 0 Å². The van der Waals surface area contributed by atoms with Crippen LogP contribution in [-0.2, 0) is 28.6 Å². The van der Waals surface area contributed by atoms with Gasteiger partial charge in [-0.05, 0) is 96.3 Å². The molecule has 0 aromatic heterocycles. The van der Waals surface area contributed by atoms with Crippen molar-refractivity contribution in [1.82, 2.24) is 0 Å². The molecule has 0 bridgehead atoms. The highest BCUT2D eigenvalue weighted by molar-refractivity contribution is 5.71. The van der Waals surface area contributed by atoms with Crippen LogP contribution in [0.1, 0.15) is 213 Å². The molecular weight excluding hydrogens is 733 g/mol. The van der Waals surface area contributed by atoms with Gasteiger partial charge in [0.25, 0.3) is 0 Å². The minimum atomic E-state index is -0.817. The number of rotatable bonds is 42. The van der Waals surface area contributed by atoms with E-state index in [2.05, 4.69) is 99.8 Å². The van der Waals surface area contributed by atoms with Crippen LogP contribution in [0.5, 0.6) is 0 Å². The van der Waals surface area contributed by atoms with Crippen LogP contribution in [0.2, 0.25) is 0 Å². The fraction of sp³-hybridized carbons (Fsp3) is 0.679. The van der Waals surface area contributed by atoms with Crippen molar-refractivity contribution >= 4 is 17.9 Å². The number of unbranched alkanes of at least 4 members (excludes halogenated alkanes) is 17. The standard InChI is InChI=1S/C53H88O6/c1-4-7-10-13-16-19-22-25-26-27-29-31-34-37-40-43-46-52(55)58-49-50(48-57-51(54)45-42-39-36-33-30-24-21-18-15-12-9-6-3)59-53(56)47-44-41-38-35-32-28-23-20-17-14-11-8-5-2/h7,9-10,12,16,18-19,21,25-26,28,32,38,41,50H,4-6,8,11,13-15,17,20,22-24,27,29-31,33-37,39-40,42-49H2,1-3H3/b10-7-,12-9-,19-16-,21-18-,26-25-,32-28-,41-38-. The first kappa shape index (κ1) is 55.6. The van der Waals surface area contributed by atoms with Crippen molar-refractivity contribution in [2.24, 2.45) is 0 Å². The van der Waals surface area contributed by atoms with Crippen LogP contribution < -0.4 is 0 Å². The lowest BCUT2D eigenvalue weighted by atomic mass is 10.1. The molecule has 0 aromatic rings. The Morgan fingerprint density at radius 1 is 0.356 bits per heavy atom. The first-order valence-corrected chi connectivity index (χ1v) is 24.1. The molecule has 0 aromatic carbocycles. The molecule has 0 fully saturated rings. The lowest BCUT2D eigenvalue weighted by Gasteiger charge is -2.18. The van der Waals surface area contributed by atoms with Crippen molar-refractivity contribution in [2.45, 2.75) is 219 Å². The van der Waals surface area contributed by atoms with Crippen LogP contribution in [0.15, 0.2) is 85.1 Å². The summed E-state index contributed by atoms with van der Waals surface area (Å²) in [7, 11) is 0. The zero-order valence-corrected chi connectivity index (χ0v) is 38.2. The number of hydrogen-bond donors (Lipinski definition) is 0. The molecule has 1 atom stereocenters. The first-order valence-electron chi connectivity index (χ1n) is 24.1. The maximum Gasteiger partial charge on any atom is 0.306 e. The summed E-state index contributed by atoms with van der Waals surface area (Å²) in [4.78, 5) is 37.8. The molecule has 0 aliphatic rings. The Labute approximate surface area is 363 Å². The van der Waals surface area contributed by atoms with E-state index in [0.29, 0.717) is 19.3 Å². The van der Waals surface area contributed by atoms with Crippen LogP contribution in [-0.4, -0.2) is 37.2 Å². The zero-order valence-electron chi connectivity index (χ0n) is 38.2. The second-order valence-corrected chi connectivity index (χ2v) is 15.6. The summed E-state index contributed by atoms with van der Waals surface area (Å²) in [6.45, 7) is 6.32. The number of ether oxygens (including phenoxy) is 3. The lowest BCUT2D eigenvalue weighted by molar-refractivity contribution is -0.166. The molecule has 1 unspecified atom stereocenters. The van der Waals surface area contributed by atoms with Gasteiger partial charge in [-0.15, -0.1) is 0 Å². The third-order valence-electron chi connectivity index (χ3n) is 9.88.